The summed E-state index contributed by atoms with van der Waals surface area (Å²) in [6.07, 6.45) is 24.7. The third-order valence-corrected chi connectivity index (χ3v) is 6.16. The molecule has 39 heavy (non-hydrogen) atoms. The zero-order chi connectivity index (χ0) is 23.4. The molecule has 0 saturated carbocycles. The second kappa shape index (κ2) is 33.4. The molecule has 0 saturated heterocycles. The third-order valence-electron chi connectivity index (χ3n) is 6.16. The quantitative estimate of drug-likeness (QED) is 0.122. The second-order valence-corrected chi connectivity index (χ2v) is 9.24. The van der Waals surface area contributed by atoms with Crippen molar-refractivity contribution in [2.24, 2.45) is 0 Å². The van der Waals surface area contributed by atoms with Crippen molar-refractivity contribution < 1.29 is 52.6 Å². The van der Waals surface area contributed by atoms with Gasteiger partial charge in [0, 0.05) is 37.1 Å². The largest absolute Gasteiger partial charge is 1.00 e. The van der Waals surface area contributed by atoms with Gasteiger partial charge in [0.15, 0.2) is 24.8 Å². The van der Waals surface area contributed by atoms with Crippen molar-refractivity contribution in [1.29, 1.82) is 0 Å². The zero-order valence-corrected chi connectivity index (χ0v) is 25.3. The van der Waals surface area contributed by atoms with E-state index >= 15 is 0 Å². The van der Waals surface area contributed by atoms with Gasteiger partial charge < -0.3 is 43.4 Å². The Kier molecular flexibility index (Phi) is 41.0. The van der Waals surface area contributed by atoms with Crippen molar-refractivity contribution in [2.75, 3.05) is 6.79 Å². The van der Waals surface area contributed by atoms with Crippen LogP contribution < -0.4 is 43.1 Å². The van der Waals surface area contributed by atoms with Crippen molar-refractivity contribution >= 4 is 0 Å². The van der Waals surface area contributed by atoms with Crippen LogP contribution in [-0.4, -0.2) is 6.79 Å². The molecule has 0 aliphatic rings. The summed E-state index contributed by atoms with van der Waals surface area (Å²) in [6.45, 7) is 8.23. The van der Waals surface area contributed by atoms with Crippen LogP contribution in [0.25, 0.3) is 0 Å². The summed E-state index contributed by atoms with van der Waals surface area (Å²) in [4.78, 5) is 0. The molecule has 4 nitrogen and oxygen atoms in total. The van der Waals surface area contributed by atoms with Crippen LogP contribution in [-0.2, 0) is 35.8 Å². The van der Waals surface area contributed by atoms with Gasteiger partial charge in [-0.3, -0.25) is 0 Å². The molecule has 2 rings (SSSR count). The highest BCUT2D eigenvalue weighted by molar-refractivity contribution is 5.06. The number of hydrogen-bond donors (Lipinski definition) is 0. The van der Waals surface area contributed by atoms with Crippen molar-refractivity contribution in [1.82, 2.24) is 0 Å². The van der Waals surface area contributed by atoms with Crippen LogP contribution in [0.5, 0.6) is 0 Å². The van der Waals surface area contributed by atoms with Gasteiger partial charge in [-0.15, -0.1) is 0 Å². The van der Waals surface area contributed by atoms with Gasteiger partial charge >= 0.3 is 0 Å². The monoisotopic (exact) mass is 678 g/mol. The number of ether oxygens (including phenoxy) is 2. The molecule has 232 valence electrons. The van der Waals surface area contributed by atoms with Crippen LogP contribution in [0.15, 0.2) is 49.1 Å². The van der Waals surface area contributed by atoms with E-state index in [-0.39, 0.29) is 63.7 Å². The highest BCUT2D eigenvalue weighted by atomic mass is 79.9. The maximum absolute atomic E-state index is 5.70. The molecule has 0 N–H and O–H groups in total. The Bertz CT molecular complexity index is 651. The first-order valence-electron chi connectivity index (χ1n) is 13.4. The summed E-state index contributed by atoms with van der Waals surface area (Å²) < 4.78 is 15.9. The van der Waals surface area contributed by atoms with Gasteiger partial charge in [-0.1, -0.05) is 94.9 Å². The number of hydrogen-bond acceptors (Lipinski definition) is 2. The van der Waals surface area contributed by atoms with Gasteiger partial charge in [-0.25, -0.2) is 9.13 Å². The number of pyridine rings is 2. The van der Waals surface area contributed by atoms with E-state index in [9.17, 15) is 0 Å². The van der Waals surface area contributed by atoms with Crippen molar-refractivity contribution in [3.63, 3.8) is 0 Å². The lowest BCUT2D eigenvalue weighted by Crippen LogP contribution is -3.00. The molecular formula is C33H64Br2N2O2. The van der Waals surface area contributed by atoms with Crippen molar-refractivity contribution in [3.05, 3.63) is 60.2 Å². The van der Waals surface area contributed by atoms with E-state index in [1.54, 1.807) is 0 Å². The zero-order valence-electron chi connectivity index (χ0n) is 22.1. The number of unbranched alkanes of at least 4 members (excludes halogenated alkanes) is 10. The molecule has 0 radical (unpaired) electrons. The van der Waals surface area contributed by atoms with E-state index in [1.165, 1.54) is 88.2 Å². The molecular weight excluding hydrogens is 616 g/mol. The number of aryl methyl sites for hydroxylation is 2. The highest BCUT2D eigenvalue weighted by Crippen LogP contribution is 2.06. The molecule has 0 bridgehead atoms. The molecule has 0 aromatic carbocycles. The number of aromatic nitrogens is 2. The summed E-state index contributed by atoms with van der Waals surface area (Å²) in [6, 6.07) is 8.60. The predicted octanol–water partition coefficient (Wildman–Crippen LogP) is 3.23. The lowest BCUT2D eigenvalue weighted by Gasteiger charge is -2.06. The van der Waals surface area contributed by atoms with Gasteiger partial charge in [0.1, 0.15) is 19.9 Å². The third kappa shape index (κ3) is 24.7. The smallest absolute Gasteiger partial charge is 0.169 e. The first kappa shape index (κ1) is 47.9. The van der Waals surface area contributed by atoms with Gasteiger partial charge in [-0.05, 0) is 24.0 Å². The van der Waals surface area contributed by atoms with Crippen molar-refractivity contribution in [2.45, 2.75) is 147 Å². The fourth-order valence-electron chi connectivity index (χ4n) is 3.99. The Morgan fingerprint density at radius 2 is 0.795 bits per heavy atom. The summed E-state index contributed by atoms with van der Waals surface area (Å²) in [5.41, 5.74) is 2.38. The van der Waals surface area contributed by atoms with E-state index in [0.717, 1.165) is 13.1 Å². The van der Waals surface area contributed by atoms with Gasteiger partial charge in [0.25, 0.3) is 0 Å². The maximum Gasteiger partial charge on any atom is 0.169 e. The molecule has 2 aromatic rings. The first-order valence-corrected chi connectivity index (χ1v) is 13.4. The number of nitrogens with zero attached hydrogens (tertiary/aromatic N) is 2. The molecule has 2 aromatic heterocycles. The van der Waals surface area contributed by atoms with E-state index < -0.39 is 0 Å². The van der Waals surface area contributed by atoms with Gasteiger partial charge in [0.2, 0.25) is 0 Å². The number of rotatable bonds is 20. The fraction of sp³-hybridized carbons (Fsp3) is 0.697. The van der Waals surface area contributed by atoms with E-state index in [2.05, 4.69) is 72.0 Å². The fourth-order valence-corrected chi connectivity index (χ4v) is 3.99. The Morgan fingerprint density at radius 3 is 1.13 bits per heavy atom. The van der Waals surface area contributed by atoms with Crippen LogP contribution in [0.1, 0.15) is 132 Å². The summed E-state index contributed by atoms with van der Waals surface area (Å²) in [5, 5.41) is 0. The molecule has 0 spiro atoms. The first-order chi connectivity index (χ1) is 16.3. The van der Waals surface area contributed by atoms with Crippen molar-refractivity contribution in [3.8, 4) is 0 Å². The minimum absolute atomic E-state index is 0. The summed E-state index contributed by atoms with van der Waals surface area (Å²) in [7, 11) is 0. The second-order valence-electron chi connectivity index (χ2n) is 9.24. The lowest BCUT2D eigenvalue weighted by molar-refractivity contribution is -0.697. The molecule has 2 heterocycles. The van der Waals surface area contributed by atoms with Crippen LogP contribution in [0.3, 0.4) is 0 Å². The minimum atomic E-state index is 0. The SMILES string of the molecule is C.C.C.C.CCCCCCCC[n+]1ccc(COCOCc2cc[n+](CCCCCCCC)cc2)cc1.[Br-].[Br-]. The van der Waals surface area contributed by atoms with Gasteiger partial charge in [-0.2, -0.15) is 0 Å². The van der Waals surface area contributed by atoms with E-state index in [1.807, 2.05) is 0 Å². The van der Waals surface area contributed by atoms with E-state index in [0.29, 0.717) is 20.0 Å². The molecule has 0 amide bonds. The van der Waals surface area contributed by atoms with Crippen LogP contribution in [0.4, 0.5) is 0 Å². The highest BCUT2D eigenvalue weighted by Gasteiger charge is 2.03. The Labute approximate surface area is 265 Å². The summed E-state index contributed by atoms with van der Waals surface area (Å²) >= 11 is 0. The van der Waals surface area contributed by atoms with Crippen LogP contribution in [0, 0.1) is 0 Å². The Morgan fingerprint density at radius 1 is 0.487 bits per heavy atom. The standard InChI is InChI=1S/C29H48N2O2.4CH4.2BrH/c1-3-5-7-9-11-13-19-30-21-15-28(16-22-30)25-32-27-33-26-29-17-23-31(24-18-29)20-14-12-10-8-6-4-2;;;;;;/h15-18,21-24H,3-14,19-20,25-27H2,1-2H3;4*1H4;2*1H/q+2;;;;;;/p-2. The molecule has 0 fully saturated rings. The predicted molar refractivity (Wildman–Crippen MR) is 161 cm³/mol. The topological polar surface area (TPSA) is 26.2 Å². The molecule has 0 atom stereocenters. The molecule has 0 aliphatic carbocycles. The minimum Gasteiger partial charge on any atom is -1.00 e. The molecule has 0 unspecified atom stereocenters. The Hall–Kier alpha value is -0.820. The Balaban J connectivity index is -0.000000642. The molecule has 6 heteroatoms. The molecule has 0 aliphatic heterocycles. The normalized spacial score (nSPS) is 9.49. The average molecular weight is 681 g/mol. The number of halogens is 2. The lowest BCUT2D eigenvalue weighted by atomic mass is 10.1. The van der Waals surface area contributed by atoms with Gasteiger partial charge in [0.05, 0.1) is 13.2 Å². The maximum atomic E-state index is 5.70. The average Bonchev–Trinajstić information content (AvgIpc) is 2.85. The summed E-state index contributed by atoms with van der Waals surface area (Å²) in [5.74, 6) is 0. The van der Waals surface area contributed by atoms with Crippen LogP contribution in [0.2, 0.25) is 0 Å². The van der Waals surface area contributed by atoms with E-state index in [4.69, 9.17) is 9.47 Å². The van der Waals surface area contributed by atoms with Crippen LogP contribution >= 0.6 is 0 Å².